The van der Waals surface area contributed by atoms with E-state index in [1.807, 2.05) is 49.5 Å². The summed E-state index contributed by atoms with van der Waals surface area (Å²) < 4.78 is 11.9. The number of aromatic nitrogens is 4. The average molecular weight is 502 g/mol. The first-order valence-electron chi connectivity index (χ1n) is 12.5. The number of H-pyrrole nitrogens is 1. The Hall–Kier alpha value is -3.75. The van der Waals surface area contributed by atoms with Gasteiger partial charge in [-0.1, -0.05) is 42.0 Å². The molecule has 8 heteroatoms. The van der Waals surface area contributed by atoms with Gasteiger partial charge >= 0.3 is 0 Å². The minimum Gasteiger partial charge on any atom is -0.380 e. The van der Waals surface area contributed by atoms with E-state index in [-0.39, 0.29) is 11.8 Å². The molecule has 1 amide bonds. The van der Waals surface area contributed by atoms with Gasteiger partial charge in [0.15, 0.2) is 5.82 Å². The highest BCUT2D eigenvalue weighted by atomic mass is 16.5. The molecular weight excluding hydrogens is 466 g/mol. The third kappa shape index (κ3) is 7.38. The maximum atomic E-state index is 12.6. The SMILES string of the molecule is COCc1cccc(-n2cc(C(C)C(=O)Nc3cc(C4CC4)[nH]n3)cn2)c1.COCc1cccc(C)c1. The lowest BCUT2D eigenvalue weighted by Crippen LogP contribution is -2.18. The lowest BCUT2D eigenvalue weighted by Gasteiger charge is -2.08. The fraction of sp³-hybridized carbons (Fsp3) is 0.345. The van der Waals surface area contributed by atoms with Crippen molar-refractivity contribution in [2.24, 2.45) is 0 Å². The first-order chi connectivity index (χ1) is 18.0. The number of ether oxygens (including phenoxy) is 2. The van der Waals surface area contributed by atoms with Gasteiger partial charge < -0.3 is 14.8 Å². The topological polar surface area (TPSA) is 94.1 Å². The molecule has 37 heavy (non-hydrogen) atoms. The van der Waals surface area contributed by atoms with Gasteiger partial charge in [0.05, 0.1) is 31.0 Å². The molecule has 5 rings (SSSR count). The molecule has 0 saturated heterocycles. The van der Waals surface area contributed by atoms with Crippen molar-refractivity contribution in [3.8, 4) is 5.69 Å². The monoisotopic (exact) mass is 501 g/mol. The van der Waals surface area contributed by atoms with Crippen LogP contribution in [0.3, 0.4) is 0 Å². The number of nitrogens with one attached hydrogen (secondary N) is 2. The van der Waals surface area contributed by atoms with Crippen molar-refractivity contribution in [2.75, 3.05) is 19.5 Å². The minimum absolute atomic E-state index is 0.100. The number of aromatic amines is 1. The number of methoxy groups -OCH3 is 2. The molecule has 1 atom stereocenters. The molecule has 2 N–H and O–H groups in total. The zero-order valence-corrected chi connectivity index (χ0v) is 21.9. The van der Waals surface area contributed by atoms with Crippen molar-refractivity contribution < 1.29 is 14.3 Å². The predicted molar refractivity (Wildman–Crippen MR) is 144 cm³/mol. The van der Waals surface area contributed by atoms with Gasteiger partial charge in [0, 0.05) is 43.7 Å². The van der Waals surface area contributed by atoms with E-state index in [9.17, 15) is 4.79 Å². The first kappa shape index (κ1) is 26.3. The second-order valence-electron chi connectivity index (χ2n) is 9.44. The second-order valence-corrected chi connectivity index (χ2v) is 9.44. The molecule has 1 aliphatic carbocycles. The standard InChI is InChI=1S/C20H23N5O2.C9H12O/c1-13(20(26)22-19-9-18(23-24-19)15-6-7-15)16-10-21-25(11-16)17-5-3-4-14(8-17)12-27-2;1-8-4-3-5-9(6-8)7-10-2/h3-5,8-11,13,15H,6-7,12H2,1-2H3,(H2,22,23,24,26);3-6H,7H2,1-2H3. The molecule has 2 aromatic carbocycles. The van der Waals surface area contributed by atoms with E-state index in [1.165, 1.54) is 24.0 Å². The number of carbonyl (C=O) groups excluding carboxylic acids is 1. The highest BCUT2D eigenvalue weighted by Crippen LogP contribution is 2.39. The highest BCUT2D eigenvalue weighted by molar-refractivity contribution is 5.94. The minimum atomic E-state index is -0.331. The maximum absolute atomic E-state index is 12.6. The van der Waals surface area contributed by atoms with Gasteiger partial charge in [-0.2, -0.15) is 10.2 Å². The van der Waals surface area contributed by atoms with Gasteiger partial charge in [0.25, 0.3) is 0 Å². The van der Waals surface area contributed by atoms with E-state index >= 15 is 0 Å². The van der Waals surface area contributed by atoms with E-state index < -0.39 is 0 Å². The van der Waals surface area contributed by atoms with Crippen LogP contribution >= 0.6 is 0 Å². The lowest BCUT2D eigenvalue weighted by atomic mass is 10.0. The van der Waals surface area contributed by atoms with Crippen molar-refractivity contribution in [1.82, 2.24) is 20.0 Å². The van der Waals surface area contributed by atoms with Gasteiger partial charge in [0.1, 0.15) is 0 Å². The normalized spacial score (nSPS) is 13.5. The molecule has 0 radical (unpaired) electrons. The zero-order chi connectivity index (χ0) is 26.2. The molecule has 194 valence electrons. The van der Waals surface area contributed by atoms with E-state index in [1.54, 1.807) is 25.1 Å². The van der Waals surface area contributed by atoms with E-state index in [2.05, 4.69) is 45.7 Å². The fourth-order valence-corrected chi connectivity index (χ4v) is 4.02. The number of anilines is 1. The molecule has 0 aliphatic heterocycles. The second kappa shape index (κ2) is 12.5. The Bertz CT molecular complexity index is 1310. The molecule has 1 aliphatic rings. The average Bonchev–Trinajstić information content (AvgIpc) is 3.43. The molecule has 1 fully saturated rings. The molecular formula is C29H35N5O3. The van der Waals surface area contributed by atoms with Gasteiger partial charge in [-0.25, -0.2) is 4.68 Å². The molecule has 1 unspecified atom stereocenters. The van der Waals surface area contributed by atoms with Gasteiger partial charge in [-0.3, -0.25) is 9.89 Å². The molecule has 4 aromatic rings. The molecule has 0 bridgehead atoms. The summed E-state index contributed by atoms with van der Waals surface area (Å²) in [6.07, 6.45) is 6.00. The van der Waals surface area contributed by atoms with Crippen LogP contribution in [0.2, 0.25) is 0 Å². The summed E-state index contributed by atoms with van der Waals surface area (Å²) >= 11 is 0. The van der Waals surface area contributed by atoms with Crippen LogP contribution in [-0.4, -0.2) is 40.1 Å². The van der Waals surface area contributed by atoms with Gasteiger partial charge in [-0.15, -0.1) is 0 Å². The van der Waals surface area contributed by atoms with Crippen LogP contribution in [-0.2, 0) is 27.5 Å². The number of hydrogen-bond acceptors (Lipinski definition) is 5. The van der Waals surface area contributed by atoms with Crippen molar-refractivity contribution in [3.05, 3.63) is 94.9 Å². The van der Waals surface area contributed by atoms with Gasteiger partial charge in [0.2, 0.25) is 5.91 Å². The Labute approximate surface area is 218 Å². The molecule has 2 heterocycles. The number of benzene rings is 2. The van der Waals surface area contributed by atoms with E-state index in [4.69, 9.17) is 9.47 Å². The van der Waals surface area contributed by atoms with Crippen LogP contribution < -0.4 is 5.32 Å². The predicted octanol–water partition coefficient (Wildman–Crippen LogP) is 5.50. The number of hydrogen-bond donors (Lipinski definition) is 2. The van der Waals surface area contributed by atoms with Crippen molar-refractivity contribution in [1.29, 1.82) is 0 Å². The van der Waals surface area contributed by atoms with Crippen LogP contribution in [0.15, 0.2) is 67.0 Å². The fourth-order valence-electron chi connectivity index (χ4n) is 4.02. The third-order valence-corrected chi connectivity index (χ3v) is 6.24. The Morgan fingerprint density at radius 3 is 2.46 bits per heavy atom. The first-order valence-corrected chi connectivity index (χ1v) is 12.5. The Balaban J connectivity index is 0.000000270. The molecule has 0 spiro atoms. The number of rotatable bonds is 9. The maximum Gasteiger partial charge on any atom is 0.232 e. The number of aryl methyl sites for hydroxylation is 1. The van der Waals surface area contributed by atoms with Crippen LogP contribution in [0.1, 0.15) is 59.5 Å². The summed E-state index contributed by atoms with van der Waals surface area (Å²) in [7, 11) is 3.38. The van der Waals surface area contributed by atoms with Crippen molar-refractivity contribution in [2.45, 2.75) is 51.7 Å². The largest absolute Gasteiger partial charge is 0.380 e. The highest BCUT2D eigenvalue weighted by Gasteiger charge is 2.26. The quantitative estimate of drug-likeness (QED) is 0.316. The Morgan fingerprint density at radius 1 is 1.08 bits per heavy atom. The Morgan fingerprint density at radius 2 is 1.78 bits per heavy atom. The van der Waals surface area contributed by atoms with Crippen LogP contribution in [0, 0.1) is 6.92 Å². The van der Waals surface area contributed by atoms with Crippen LogP contribution in [0.25, 0.3) is 5.69 Å². The number of amides is 1. The summed E-state index contributed by atoms with van der Waals surface area (Å²) in [6.45, 7) is 5.21. The summed E-state index contributed by atoms with van der Waals surface area (Å²) in [5.74, 6) is 0.722. The van der Waals surface area contributed by atoms with E-state index in [0.29, 0.717) is 24.9 Å². The Kier molecular flexibility index (Phi) is 8.87. The van der Waals surface area contributed by atoms with Crippen LogP contribution in [0.4, 0.5) is 5.82 Å². The molecule has 8 nitrogen and oxygen atoms in total. The lowest BCUT2D eigenvalue weighted by molar-refractivity contribution is -0.117. The smallest absolute Gasteiger partial charge is 0.232 e. The van der Waals surface area contributed by atoms with E-state index in [0.717, 1.165) is 22.5 Å². The zero-order valence-electron chi connectivity index (χ0n) is 21.9. The number of carbonyl (C=O) groups is 1. The van der Waals surface area contributed by atoms with Crippen molar-refractivity contribution >= 4 is 11.7 Å². The molecule has 2 aromatic heterocycles. The summed E-state index contributed by atoms with van der Waals surface area (Å²) in [5.41, 5.74) is 6.48. The summed E-state index contributed by atoms with van der Waals surface area (Å²) in [4.78, 5) is 12.6. The summed E-state index contributed by atoms with van der Waals surface area (Å²) in [6, 6.07) is 18.2. The van der Waals surface area contributed by atoms with Crippen LogP contribution in [0.5, 0.6) is 0 Å². The summed E-state index contributed by atoms with van der Waals surface area (Å²) in [5, 5.41) is 14.5. The molecule has 1 saturated carbocycles. The van der Waals surface area contributed by atoms with Crippen molar-refractivity contribution in [3.63, 3.8) is 0 Å². The number of nitrogens with zero attached hydrogens (tertiary/aromatic N) is 3. The van der Waals surface area contributed by atoms with Gasteiger partial charge in [-0.05, 0) is 49.9 Å². The third-order valence-electron chi connectivity index (χ3n) is 6.24.